The highest BCUT2D eigenvalue weighted by Crippen LogP contribution is 2.44. The number of hydrogen-bond acceptors (Lipinski definition) is 5. The number of methoxy groups -OCH3 is 1. The molecule has 8 heteroatoms. The van der Waals surface area contributed by atoms with Crippen molar-refractivity contribution in [2.75, 3.05) is 31.0 Å². The maximum absolute atomic E-state index is 12.2. The van der Waals surface area contributed by atoms with Crippen molar-refractivity contribution in [2.24, 2.45) is 0 Å². The maximum Gasteiger partial charge on any atom is 0.337 e. The Kier molecular flexibility index (Phi) is 6.91. The molecule has 0 amide bonds. The molecule has 1 fully saturated rings. The van der Waals surface area contributed by atoms with E-state index in [4.69, 9.17) is 17.0 Å². The number of thiocarbonyl (C=S) groups is 1. The van der Waals surface area contributed by atoms with Crippen molar-refractivity contribution in [2.45, 2.75) is 25.9 Å². The zero-order valence-electron chi connectivity index (χ0n) is 22.2. The van der Waals surface area contributed by atoms with Crippen LogP contribution >= 0.6 is 12.2 Å². The number of benzene rings is 2. The highest BCUT2D eigenvalue weighted by Gasteiger charge is 2.42. The Bertz CT molecular complexity index is 1480. The van der Waals surface area contributed by atoms with Crippen LogP contribution < -0.4 is 15.1 Å². The Morgan fingerprint density at radius 2 is 1.76 bits per heavy atom. The van der Waals surface area contributed by atoms with Crippen LogP contribution in [0.25, 0.3) is 5.69 Å². The van der Waals surface area contributed by atoms with Gasteiger partial charge in [0.25, 0.3) is 0 Å². The van der Waals surface area contributed by atoms with Gasteiger partial charge in [0, 0.05) is 48.7 Å². The van der Waals surface area contributed by atoms with Gasteiger partial charge in [-0.25, -0.2) is 4.79 Å². The molecule has 2 atom stereocenters. The lowest BCUT2D eigenvalue weighted by Crippen LogP contribution is -2.29. The van der Waals surface area contributed by atoms with Gasteiger partial charge in [-0.2, -0.15) is 0 Å². The molecule has 0 aliphatic carbocycles. The van der Waals surface area contributed by atoms with Crippen molar-refractivity contribution >= 4 is 34.7 Å². The number of pyridine rings is 1. The summed E-state index contributed by atoms with van der Waals surface area (Å²) < 4.78 is 7.12. The van der Waals surface area contributed by atoms with E-state index in [2.05, 4.69) is 68.8 Å². The Hall–Kier alpha value is -4.17. The second-order valence-electron chi connectivity index (χ2n) is 9.61. The summed E-state index contributed by atoms with van der Waals surface area (Å²) in [5.74, 6) is -0.359. The van der Waals surface area contributed by atoms with Crippen molar-refractivity contribution in [1.29, 1.82) is 0 Å². The number of carbonyl (C=O) groups is 1. The van der Waals surface area contributed by atoms with Crippen molar-refractivity contribution in [1.82, 2.24) is 14.9 Å². The number of nitrogens with one attached hydrogen (secondary N) is 1. The Morgan fingerprint density at radius 1 is 1.00 bits per heavy atom. The normalized spacial score (nSPS) is 16.9. The Labute approximate surface area is 228 Å². The summed E-state index contributed by atoms with van der Waals surface area (Å²) in [6, 6.07) is 23.8. The third-order valence-electron chi connectivity index (χ3n) is 7.06. The Balaban J connectivity index is 1.64. The van der Waals surface area contributed by atoms with Crippen LogP contribution in [0.5, 0.6) is 0 Å². The van der Waals surface area contributed by atoms with Crippen LogP contribution in [0.15, 0.2) is 79.0 Å². The zero-order chi connectivity index (χ0) is 27.0. The molecule has 0 radical (unpaired) electrons. The molecular formula is C30H31N5O2S. The van der Waals surface area contributed by atoms with Gasteiger partial charge in [-0.15, -0.1) is 0 Å². The lowest BCUT2D eigenvalue weighted by molar-refractivity contribution is 0.0600. The van der Waals surface area contributed by atoms with E-state index in [1.165, 1.54) is 7.11 Å². The van der Waals surface area contributed by atoms with Gasteiger partial charge in [0.2, 0.25) is 0 Å². The number of aromatic nitrogens is 2. The summed E-state index contributed by atoms with van der Waals surface area (Å²) in [5.41, 5.74) is 7.71. The molecule has 2 aromatic carbocycles. The number of esters is 1. The molecule has 0 saturated carbocycles. The molecule has 5 rings (SSSR count). The van der Waals surface area contributed by atoms with Gasteiger partial charge in [0.1, 0.15) is 0 Å². The largest absolute Gasteiger partial charge is 0.465 e. The van der Waals surface area contributed by atoms with Gasteiger partial charge in [-0.1, -0.05) is 12.1 Å². The number of anilines is 2. The van der Waals surface area contributed by atoms with Crippen molar-refractivity contribution in [3.8, 4) is 5.69 Å². The van der Waals surface area contributed by atoms with Crippen LogP contribution in [0.1, 0.15) is 45.1 Å². The van der Waals surface area contributed by atoms with Gasteiger partial charge >= 0.3 is 5.97 Å². The molecule has 1 N–H and O–H groups in total. The highest BCUT2D eigenvalue weighted by molar-refractivity contribution is 7.80. The molecule has 0 bridgehead atoms. The molecule has 4 aromatic rings. The molecule has 1 aliphatic rings. The summed E-state index contributed by atoms with van der Waals surface area (Å²) >= 11 is 5.91. The number of rotatable bonds is 6. The molecular weight excluding hydrogens is 494 g/mol. The second-order valence-corrected chi connectivity index (χ2v) is 10.00. The second kappa shape index (κ2) is 10.3. The summed E-state index contributed by atoms with van der Waals surface area (Å²) in [6.45, 7) is 4.19. The minimum atomic E-state index is -0.359. The highest BCUT2D eigenvalue weighted by atomic mass is 32.1. The molecule has 38 heavy (non-hydrogen) atoms. The number of ether oxygens (including phenoxy) is 1. The molecule has 0 spiro atoms. The smallest absolute Gasteiger partial charge is 0.337 e. The fourth-order valence-electron chi connectivity index (χ4n) is 5.23. The van der Waals surface area contributed by atoms with Crippen molar-refractivity contribution in [3.63, 3.8) is 0 Å². The fourth-order valence-corrected chi connectivity index (χ4v) is 5.58. The van der Waals surface area contributed by atoms with E-state index >= 15 is 0 Å². The molecule has 7 nitrogen and oxygen atoms in total. The summed E-state index contributed by atoms with van der Waals surface area (Å²) in [6.07, 6.45) is 1.81. The quantitative estimate of drug-likeness (QED) is 0.263. The van der Waals surface area contributed by atoms with E-state index in [0.717, 1.165) is 39.7 Å². The van der Waals surface area contributed by atoms with Crippen LogP contribution in [0.4, 0.5) is 11.4 Å². The fraction of sp³-hybridized carbons (Fsp3) is 0.233. The first-order valence-electron chi connectivity index (χ1n) is 12.5. The first kappa shape index (κ1) is 25.5. The predicted molar refractivity (Wildman–Crippen MR) is 155 cm³/mol. The van der Waals surface area contributed by atoms with Gasteiger partial charge in [0.05, 0.1) is 30.5 Å². The van der Waals surface area contributed by atoms with E-state index in [1.807, 2.05) is 56.7 Å². The minimum absolute atomic E-state index is 0.133. The van der Waals surface area contributed by atoms with Crippen molar-refractivity contribution < 1.29 is 9.53 Å². The lowest BCUT2D eigenvalue weighted by atomic mass is 9.96. The van der Waals surface area contributed by atoms with Crippen LogP contribution in [0.3, 0.4) is 0 Å². The summed E-state index contributed by atoms with van der Waals surface area (Å²) in [5, 5.41) is 4.20. The number of nitrogens with zero attached hydrogens (tertiary/aromatic N) is 4. The molecule has 2 unspecified atom stereocenters. The van der Waals surface area contributed by atoms with Crippen LogP contribution in [-0.2, 0) is 4.74 Å². The van der Waals surface area contributed by atoms with Gasteiger partial charge in [-0.05, 0) is 92.3 Å². The van der Waals surface area contributed by atoms with Crippen LogP contribution in [0, 0.1) is 13.8 Å². The molecule has 1 aliphatic heterocycles. The Morgan fingerprint density at radius 3 is 2.42 bits per heavy atom. The third-order valence-corrected chi connectivity index (χ3v) is 7.37. The first-order valence-corrected chi connectivity index (χ1v) is 12.9. The van der Waals surface area contributed by atoms with E-state index in [9.17, 15) is 4.79 Å². The first-order chi connectivity index (χ1) is 18.3. The van der Waals surface area contributed by atoms with E-state index in [-0.39, 0.29) is 18.1 Å². The van der Waals surface area contributed by atoms with E-state index in [0.29, 0.717) is 10.7 Å². The number of hydrogen-bond donors (Lipinski definition) is 1. The topological polar surface area (TPSA) is 62.6 Å². The third kappa shape index (κ3) is 4.52. The van der Waals surface area contributed by atoms with Gasteiger partial charge in [0.15, 0.2) is 5.11 Å². The summed E-state index contributed by atoms with van der Waals surface area (Å²) in [7, 11) is 5.45. The number of carbonyl (C=O) groups excluding carboxylic acids is 1. The molecule has 1 saturated heterocycles. The van der Waals surface area contributed by atoms with Crippen LogP contribution in [0.2, 0.25) is 0 Å². The van der Waals surface area contributed by atoms with E-state index in [1.54, 1.807) is 6.07 Å². The van der Waals surface area contributed by atoms with Crippen LogP contribution in [-0.4, -0.2) is 41.8 Å². The molecule has 3 heterocycles. The zero-order valence-corrected chi connectivity index (χ0v) is 23.0. The average molecular weight is 526 g/mol. The maximum atomic E-state index is 12.2. The standard InChI is InChI=1S/C30H31N5O2S/c1-19-17-25(20(2)34(19)24-10-8-9-21(18-24)29(36)37-5)28-27(26-11-6-7-16-31-26)32-30(38)35(28)23-14-12-22(13-15-23)33(3)4/h6-18,27-28H,1-5H3,(H,32,38). The average Bonchev–Trinajstić information content (AvgIpc) is 3.43. The number of aryl methyl sites for hydroxylation is 1. The minimum Gasteiger partial charge on any atom is -0.465 e. The SMILES string of the molecule is COC(=O)c1cccc(-n2c(C)cc(C3C(c4ccccn4)NC(=S)N3c3ccc(N(C)C)cc3)c2C)c1. The summed E-state index contributed by atoms with van der Waals surface area (Å²) in [4.78, 5) is 21.2. The predicted octanol–water partition coefficient (Wildman–Crippen LogP) is 5.52. The van der Waals surface area contributed by atoms with Gasteiger partial charge in [-0.3, -0.25) is 4.98 Å². The van der Waals surface area contributed by atoms with Crippen molar-refractivity contribution in [3.05, 3.63) is 107 Å². The van der Waals surface area contributed by atoms with E-state index < -0.39 is 0 Å². The molecule has 2 aromatic heterocycles. The van der Waals surface area contributed by atoms with Gasteiger partial charge < -0.3 is 24.4 Å². The lowest BCUT2D eigenvalue weighted by Gasteiger charge is -2.28. The monoisotopic (exact) mass is 525 g/mol. The molecule has 194 valence electrons.